The van der Waals surface area contributed by atoms with Crippen molar-refractivity contribution in [2.24, 2.45) is 0 Å². The van der Waals surface area contributed by atoms with Crippen molar-refractivity contribution in [3.8, 4) is 5.75 Å². The first kappa shape index (κ1) is 17.8. The number of halogens is 1. The zero-order valence-electron chi connectivity index (χ0n) is 13.1. The van der Waals surface area contributed by atoms with Crippen molar-refractivity contribution < 1.29 is 9.84 Å². The maximum Gasteiger partial charge on any atom is 0.124 e. The summed E-state index contributed by atoms with van der Waals surface area (Å²) in [7, 11) is 0. The van der Waals surface area contributed by atoms with E-state index in [1.165, 1.54) is 0 Å². The molecule has 0 aromatic heterocycles. The van der Waals surface area contributed by atoms with Gasteiger partial charge >= 0.3 is 0 Å². The van der Waals surface area contributed by atoms with Gasteiger partial charge in [-0.1, -0.05) is 48.0 Å². The minimum atomic E-state index is 0.165. The summed E-state index contributed by atoms with van der Waals surface area (Å²) < 4.78 is 5.93. The van der Waals surface area contributed by atoms with Gasteiger partial charge in [-0.25, -0.2) is 0 Å². The highest BCUT2D eigenvalue weighted by molar-refractivity contribution is 6.31. The van der Waals surface area contributed by atoms with Crippen LogP contribution in [0.1, 0.15) is 11.1 Å². The van der Waals surface area contributed by atoms with Gasteiger partial charge in [0.15, 0.2) is 0 Å². The minimum absolute atomic E-state index is 0.165. The maximum atomic E-state index is 8.70. The van der Waals surface area contributed by atoms with Crippen LogP contribution in [0.3, 0.4) is 0 Å². The van der Waals surface area contributed by atoms with E-state index in [0.717, 1.165) is 41.5 Å². The Hall–Kier alpha value is -1.59. The molecule has 3 N–H and O–H groups in total. The molecule has 0 radical (unpaired) electrons. The van der Waals surface area contributed by atoms with E-state index in [4.69, 9.17) is 21.4 Å². The van der Waals surface area contributed by atoms with Gasteiger partial charge in [-0.2, -0.15) is 0 Å². The van der Waals surface area contributed by atoms with Gasteiger partial charge in [-0.15, -0.1) is 0 Å². The Morgan fingerprint density at radius 3 is 2.35 bits per heavy atom. The van der Waals surface area contributed by atoms with Crippen LogP contribution < -0.4 is 15.4 Å². The number of aliphatic hydroxyl groups excluding tert-OH is 1. The zero-order chi connectivity index (χ0) is 16.3. The molecule has 0 fully saturated rings. The molecule has 0 bridgehead atoms. The summed E-state index contributed by atoms with van der Waals surface area (Å²) in [5, 5.41) is 15.9. The smallest absolute Gasteiger partial charge is 0.124 e. The molecule has 0 saturated carbocycles. The number of hydrogen-bond acceptors (Lipinski definition) is 4. The third-order valence-electron chi connectivity index (χ3n) is 3.40. The van der Waals surface area contributed by atoms with E-state index >= 15 is 0 Å². The Bertz CT molecular complexity index is 593. The fourth-order valence-electron chi connectivity index (χ4n) is 2.17. The monoisotopic (exact) mass is 334 g/mol. The molecule has 0 unspecified atom stereocenters. The van der Waals surface area contributed by atoms with Crippen molar-refractivity contribution in [2.45, 2.75) is 13.2 Å². The van der Waals surface area contributed by atoms with Gasteiger partial charge in [0.25, 0.3) is 0 Å². The van der Waals surface area contributed by atoms with Crippen LogP contribution in [0.15, 0.2) is 48.5 Å². The van der Waals surface area contributed by atoms with E-state index in [2.05, 4.69) is 16.7 Å². The van der Waals surface area contributed by atoms with Crippen LogP contribution in [0.25, 0.3) is 0 Å². The highest BCUT2D eigenvalue weighted by Gasteiger charge is 2.05. The van der Waals surface area contributed by atoms with Crippen molar-refractivity contribution in [2.75, 3.05) is 26.2 Å². The van der Waals surface area contributed by atoms with Crippen LogP contribution in [0.2, 0.25) is 5.02 Å². The van der Waals surface area contributed by atoms with Crippen molar-refractivity contribution in [3.63, 3.8) is 0 Å². The number of aliphatic hydroxyl groups is 1. The van der Waals surface area contributed by atoms with Crippen LogP contribution in [0, 0.1) is 0 Å². The van der Waals surface area contributed by atoms with E-state index in [1.807, 2.05) is 42.5 Å². The minimum Gasteiger partial charge on any atom is -0.489 e. The van der Waals surface area contributed by atoms with Crippen LogP contribution in [0.5, 0.6) is 5.75 Å². The molecule has 124 valence electrons. The second-order valence-corrected chi connectivity index (χ2v) is 5.55. The van der Waals surface area contributed by atoms with E-state index < -0.39 is 0 Å². The first-order chi connectivity index (χ1) is 11.3. The fourth-order valence-corrected chi connectivity index (χ4v) is 2.36. The number of hydrogen-bond donors (Lipinski definition) is 3. The summed E-state index contributed by atoms with van der Waals surface area (Å²) in [6, 6.07) is 15.7. The average Bonchev–Trinajstić information content (AvgIpc) is 2.58. The fraction of sp³-hybridized carbons (Fsp3) is 0.333. The number of nitrogens with one attached hydrogen (secondary N) is 2. The molecule has 0 spiro atoms. The molecular formula is C18H23ClN2O2. The predicted octanol–water partition coefficient (Wildman–Crippen LogP) is 2.59. The SMILES string of the molecule is OCCNCCNCc1ccccc1OCc1ccccc1Cl. The van der Waals surface area contributed by atoms with Crippen molar-refractivity contribution in [1.82, 2.24) is 10.6 Å². The third-order valence-corrected chi connectivity index (χ3v) is 3.76. The molecule has 2 aromatic carbocycles. The summed E-state index contributed by atoms with van der Waals surface area (Å²) in [4.78, 5) is 0. The van der Waals surface area contributed by atoms with E-state index in [1.54, 1.807) is 0 Å². The van der Waals surface area contributed by atoms with E-state index in [9.17, 15) is 0 Å². The molecule has 0 aliphatic rings. The van der Waals surface area contributed by atoms with Crippen LogP contribution in [-0.4, -0.2) is 31.3 Å². The average molecular weight is 335 g/mol. The molecule has 2 rings (SSSR count). The molecule has 0 amide bonds. The normalized spacial score (nSPS) is 10.7. The lowest BCUT2D eigenvalue weighted by atomic mass is 10.2. The lowest BCUT2D eigenvalue weighted by Gasteiger charge is -2.13. The van der Waals surface area contributed by atoms with Crippen LogP contribution in [0.4, 0.5) is 0 Å². The maximum absolute atomic E-state index is 8.70. The molecule has 0 aliphatic heterocycles. The largest absolute Gasteiger partial charge is 0.489 e. The summed E-state index contributed by atoms with van der Waals surface area (Å²) in [6.07, 6.45) is 0. The first-order valence-electron chi connectivity index (χ1n) is 7.77. The van der Waals surface area contributed by atoms with E-state index in [-0.39, 0.29) is 6.61 Å². The summed E-state index contributed by atoms with van der Waals surface area (Å²) in [6.45, 7) is 3.63. The van der Waals surface area contributed by atoms with Gasteiger partial charge < -0.3 is 20.5 Å². The topological polar surface area (TPSA) is 53.5 Å². The van der Waals surface area contributed by atoms with Gasteiger partial charge in [0.1, 0.15) is 12.4 Å². The van der Waals surface area contributed by atoms with Crippen molar-refractivity contribution in [3.05, 3.63) is 64.7 Å². The Kier molecular flexibility index (Phi) is 7.90. The third kappa shape index (κ3) is 6.20. The molecule has 0 saturated heterocycles. The second kappa shape index (κ2) is 10.2. The molecule has 4 nitrogen and oxygen atoms in total. The predicted molar refractivity (Wildman–Crippen MR) is 93.9 cm³/mol. The second-order valence-electron chi connectivity index (χ2n) is 5.14. The first-order valence-corrected chi connectivity index (χ1v) is 8.15. The molecule has 5 heteroatoms. The van der Waals surface area contributed by atoms with Gasteiger partial charge in [-0.3, -0.25) is 0 Å². The Morgan fingerprint density at radius 1 is 0.870 bits per heavy atom. The standard InChI is InChI=1S/C18H23ClN2O2/c19-17-7-3-1-6-16(17)14-23-18-8-4-2-5-15(18)13-21-10-9-20-11-12-22/h1-8,20-22H,9-14H2. The number of rotatable bonds is 10. The molecule has 0 atom stereocenters. The highest BCUT2D eigenvalue weighted by atomic mass is 35.5. The lowest BCUT2D eigenvalue weighted by molar-refractivity contribution is 0.292. The molecule has 0 heterocycles. The lowest BCUT2D eigenvalue weighted by Crippen LogP contribution is -2.28. The van der Waals surface area contributed by atoms with Crippen molar-refractivity contribution >= 4 is 11.6 Å². The number of ether oxygens (including phenoxy) is 1. The van der Waals surface area contributed by atoms with Gasteiger partial charge in [0.05, 0.1) is 6.61 Å². The quantitative estimate of drug-likeness (QED) is 0.585. The Morgan fingerprint density at radius 2 is 1.57 bits per heavy atom. The molecule has 23 heavy (non-hydrogen) atoms. The van der Waals surface area contributed by atoms with Crippen molar-refractivity contribution in [1.29, 1.82) is 0 Å². The summed E-state index contributed by atoms with van der Waals surface area (Å²) in [5.41, 5.74) is 2.09. The van der Waals surface area contributed by atoms with E-state index in [0.29, 0.717) is 13.2 Å². The zero-order valence-corrected chi connectivity index (χ0v) is 13.9. The van der Waals surface area contributed by atoms with Crippen LogP contribution in [-0.2, 0) is 13.2 Å². The molecule has 2 aromatic rings. The Labute approximate surface area is 142 Å². The highest BCUT2D eigenvalue weighted by Crippen LogP contribution is 2.21. The van der Waals surface area contributed by atoms with Gasteiger partial charge in [0.2, 0.25) is 0 Å². The number of para-hydroxylation sites is 1. The summed E-state index contributed by atoms with van der Waals surface area (Å²) in [5.74, 6) is 0.864. The molecule has 0 aliphatic carbocycles. The van der Waals surface area contributed by atoms with Gasteiger partial charge in [0, 0.05) is 42.3 Å². The molecular weight excluding hydrogens is 312 g/mol. The van der Waals surface area contributed by atoms with Crippen LogP contribution >= 0.6 is 11.6 Å². The Balaban J connectivity index is 1.84. The number of benzene rings is 2. The summed E-state index contributed by atoms with van der Waals surface area (Å²) >= 11 is 6.16. The van der Waals surface area contributed by atoms with Gasteiger partial charge in [-0.05, 0) is 12.1 Å².